The number of nitrogens with zero attached hydrogens (tertiary/aromatic N) is 2. The number of nitrogens with one attached hydrogen (secondary N) is 2. The van der Waals surface area contributed by atoms with Crippen molar-refractivity contribution in [3.8, 4) is 0 Å². The maximum absolute atomic E-state index is 12.7. The number of carbonyl (C=O) groups excluding carboxylic acids is 1. The third-order valence-corrected chi connectivity index (χ3v) is 5.09. The minimum Gasteiger partial charge on any atom is -0.349 e. The van der Waals surface area contributed by atoms with Gasteiger partial charge in [0.15, 0.2) is 0 Å². The van der Waals surface area contributed by atoms with Gasteiger partial charge < -0.3 is 15.2 Å². The van der Waals surface area contributed by atoms with Gasteiger partial charge in [0.2, 0.25) is 0 Å². The molecule has 2 aliphatic carbocycles. The smallest absolute Gasteiger partial charge is 0.259 e. The SMILES string of the molecule is O=C(NC1CC1)c1cc(C2CC2)nc2onc(C3CCNC3)c12. The van der Waals surface area contributed by atoms with Crippen molar-refractivity contribution >= 4 is 17.0 Å². The molecule has 3 aliphatic rings. The fraction of sp³-hybridized carbons (Fsp3) is 0.588. The average Bonchev–Trinajstić information content (AvgIpc) is 3.46. The van der Waals surface area contributed by atoms with E-state index < -0.39 is 0 Å². The van der Waals surface area contributed by atoms with Crippen molar-refractivity contribution in [1.29, 1.82) is 0 Å². The van der Waals surface area contributed by atoms with E-state index in [9.17, 15) is 4.79 Å². The Morgan fingerprint density at radius 3 is 2.78 bits per heavy atom. The molecular formula is C17H20N4O2. The van der Waals surface area contributed by atoms with Gasteiger partial charge in [-0.05, 0) is 44.7 Å². The van der Waals surface area contributed by atoms with Crippen molar-refractivity contribution in [2.24, 2.45) is 0 Å². The topological polar surface area (TPSA) is 80.1 Å². The second-order valence-electron chi connectivity index (χ2n) is 7.05. The van der Waals surface area contributed by atoms with E-state index in [4.69, 9.17) is 4.52 Å². The Labute approximate surface area is 134 Å². The van der Waals surface area contributed by atoms with Crippen LogP contribution in [0.4, 0.5) is 0 Å². The molecule has 2 aromatic rings. The Hall–Kier alpha value is -1.95. The highest BCUT2D eigenvalue weighted by Gasteiger charge is 2.32. The van der Waals surface area contributed by atoms with Crippen molar-refractivity contribution in [2.75, 3.05) is 13.1 Å². The molecule has 0 spiro atoms. The van der Waals surface area contributed by atoms with Gasteiger partial charge in [0, 0.05) is 30.1 Å². The molecule has 1 atom stereocenters. The van der Waals surface area contributed by atoms with Crippen LogP contribution in [0.3, 0.4) is 0 Å². The van der Waals surface area contributed by atoms with E-state index in [0.717, 1.165) is 62.0 Å². The summed E-state index contributed by atoms with van der Waals surface area (Å²) in [6.45, 7) is 1.87. The molecule has 2 N–H and O–H groups in total. The Morgan fingerprint density at radius 1 is 1.22 bits per heavy atom. The maximum Gasteiger partial charge on any atom is 0.259 e. The van der Waals surface area contributed by atoms with Crippen LogP contribution in [0.2, 0.25) is 0 Å². The van der Waals surface area contributed by atoms with Crippen molar-refractivity contribution < 1.29 is 9.32 Å². The molecule has 1 saturated heterocycles. The molecule has 3 heterocycles. The normalized spacial score (nSPS) is 24.3. The van der Waals surface area contributed by atoms with Gasteiger partial charge in [-0.3, -0.25) is 4.79 Å². The van der Waals surface area contributed by atoms with Crippen LogP contribution in [0.1, 0.15) is 65.7 Å². The second kappa shape index (κ2) is 5.03. The quantitative estimate of drug-likeness (QED) is 0.903. The van der Waals surface area contributed by atoms with Gasteiger partial charge in [-0.1, -0.05) is 5.16 Å². The molecule has 1 amide bonds. The molecule has 23 heavy (non-hydrogen) atoms. The average molecular weight is 312 g/mol. The third kappa shape index (κ3) is 2.41. The van der Waals surface area contributed by atoms with E-state index in [0.29, 0.717) is 29.2 Å². The summed E-state index contributed by atoms with van der Waals surface area (Å²) in [6.07, 6.45) is 5.48. The summed E-state index contributed by atoms with van der Waals surface area (Å²) in [6, 6.07) is 2.31. The van der Waals surface area contributed by atoms with Crippen LogP contribution >= 0.6 is 0 Å². The third-order valence-electron chi connectivity index (χ3n) is 5.09. The summed E-state index contributed by atoms with van der Waals surface area (Å²) >= 11 is 0. The van der Waals surface area contributed by atoms with Gasteiger partial charge in [0.25, 0.3) is 11.6 Å². The molecule has 0 bridgehead atoms. The van der Waals surface area contributed by atoms with Gasteiger partial charge >= 0.3 is 0 Å². The van der Waals surface area contributed by atoms with E-state index in [1.54, 1.807) is 0 Å². The zero-order valence-electron chi connectivity index (χ0n) is 13.0. The monoisotopic (exact) mass is 312 g/mol. The highest BCUT2D eigenvalue weighted by Crippen LogP contribution is 2.41. The number of aromatic nitrogens is 2. The van der Waals surface area contributed by atoms with Crippen LogP contribution in [-0.2, 0) is 0 Å². The van der Waals surface area contributed by atoms with Gasteiger partial charge in [0.1, 0.15) is 0 Å². The molecular weight excluding hydrogens is 292 g/mol. The molecule has 1 aliphatic heterocycles. The van der Waals surface area contributed by atoms with Crippen molar-refractivity contribution in [3.63, 3.8) is 0 Å². The molecule has 2 aromatic heterocycles. The lowest BCUT2D eigenvalue weighted by Crippen LogP contribution is -2.26. The largest absolute Gasteiger partial charge is 0.349 e. The number of amides is 1. The van der Waals surface area contributed by atoms with E-state index in [1.165, 1.54) is 0 Å². The predicted molar refractivity (Wildman–Crippen MR) is 84.5 cm³/mol. The van der Waals surface area contributed by atoms with Crippen LogP contribution in [0, 0.1) is 0 Å². The maximum atomic E-state index is 12.7. The van der Waals surface area contributed by atoms with E-state index in [2.05, 4.69) is 20.8 Å². The van der Waals surface area contributed by atoms with E-state index in [-0.39, 0.29) is 5.91 Å². The molecule has 3 fully saturated rings. The predicted octanol–water partition coefficient (Wildman–Crippen LogP) is 2.07. The Kier molecular flexibility index (Phi) is 2.95. The molecule has 0 radical (unpaired) electrons. The Morgan fingerprint density at radius 2 is 2.09 bits per heavy atom. The fourth-order valence-electron chi connectivity index (χ4n) is 3.42. The number of hydrogen-bond donors (Lipinski definition) is 2. The zero-order chi connectivity index (χ0) is 15.4. The van der Waals surface area contributed by atoms with Gasteiger partial charge in [-0.2, -0.15) is 0 Å². The first kappa shape index (κ1) is 13.5. The van der Waals surface area contributed by atoms with Crippen molar-refractivity contribution in [2.45, 2.75) is 50.0 Å². The van der Waals surface area contributed by atoms with Crippen LogP contribution in [0.25, 0.3) is 11.1 Å². The minimum absolute atomic E-state index is 0.00259. The van der Waals surface area contributed by atoms with Crippen LogP contribution in [0.15, 0.2) is 10.6 Å². The number of hydrogen-bond acceptors (Lipinski definition) is 5. The summed E-state index contributed by atoms with van der Waals surface area (Å²) in [5.41, 5.74) is 3.09. The lowest BCUT2D eigenvalue weighted by atomic mass is 9.98. The highest BCUT2D eigenvalue weighted by atomic mass is 16.5. The number of carbonyl (C=O) groups is 1. The number of fused-ring (bicyclic) bond motifs is 1. The van der Waals surface area contributed by atoms with E-state index >= 15 is 0 Å². The molecule has 0 aromatic carbocycles. The molecule has 120 valence electrons. The molecule has 5 rings (SSSR count). The summed E-state index contributed by atoms with van der Waals surface area (Å²) in [5.74, 6) is 0.781. The zero-order valence-corrected chi connectivity index (χ0v) is 13.0. The van der Waals surface area contributed by atoms with Gasteiger partial charge in [-0.15, -0.1) is 0 Å². The first-order valence-electron chi connectivity index (χ1n) is 8.61. The Bertz CT molecular complexity index is 770. The fourth-order valence-corrected chi connectivity index (χ4v) is 3.42. The van der Waals surface area contributed by atoms with Crippen LogP contribution < -0.4 is 10.6 Å². The number of rotatable bonds is 4. The highest BCUT2D eigenvalue weighted by molar-refractivity contribution is 6.06. The summed E-state index contributed by atoms with van der Waals surface area (Å²) in [7, 11) is 0. The first-order chi connectivity index (χ1) is 11.3. The van der Waals surface area contributed by atoms with Crippen LogP contribution in [-0.4, -0.2) is 35.2 Å². The van der Waals surface area contributed by atoms with Crippen molar-refractivity contribution in [3.05, 3.63) is 23.0 Å². The first-order valence-corrected chi connectivity index (χ1v) is 8.61. The van der Waals surface area contributed by atoms with Crippen LogP contribution in [0.5, 0.6) is 0 Å². The summed E-state index contributed by atoms with van der Waals surface area (Å²) in [4.78, 5) is 17.4. The standard InChI is InChI=1S/C17H20N4O2/c22-16(19-11-3-4-11)12-7-13(9-1-2-9)20-17-14(12)15(21-23-17)10-5-6-18-8-10/h7,9-11,18H,1-6,8H2,(H,19,22). The van der Waals surface area contributed by atoms with Gasteiger partial charge in [0.05, 0.1) is 16.6 Å². The second-order valence-corrected chi connectivity index (χ2v) is 7.05. The minimum atomic E-state index is -0.00259. The van der Waals surface area contributed by atoms with E-state index in [1.807, 2.05) is 6.07 Å². The summed E-state index contributed by atoms with van der Waals surface area (Å²) < 4.78 is 5.52. The molecule has 1 unspecified atom stereocenters. The molecule has 6 nitrogen and oxygen atoms in total. The lowest BCUT2D eigenvalue weighted by Gasteiger charge is -2.09. The summed E-state index contributed by atoms with van der Waals surface area (Å²) in [5, 5.41) is 11.6. The van der Waals surface area contributed by atoms with Gasteiger partial charge in [-0.25, -0.2) is 4.98 Å². The number of pyridine rings is 1. The molecule has 6 heteroatoms. The Balaban J connectivity index is 1.63. The lowest BCUT2D eigenvalue weighted by molar-refractivity contribution is 0.0952. The molecule has 2 saturated carbocycles. The van der Waals surface area contributed by atoms with Crippen molar-refractivity contribution in [1.82, 2.24) is 20.8 Å².